The van der Waals surface area contributed by atoms with Crippen molar-refractivity contribution < 1.29 is 14.7 Å². The van der Waals surface area contributed by atoms with E-state index in [0.29, 0.717) is 23.4 Å². The first kappa shape index (κ1) is 21.7. The van der Waals surface area contributed by atoms with Gasteiger partial charge in [0.15, 0.2) is 6.10 Å². The molecule has 1 atom stereocenters. The van der Waals surface area contributed by atoms with Crippen molar-refractivity contribution in [3.63, 3.8) is 0 Å². The normalized spacial score (nSPS) is 11.4. The molecular formula is C23H23N5O3. The van der Waals surface area contributed by atoms with Crippen LogP contribution in [0.2, 0.25) is 0 Å². The van der Waals surface area contributed by atoms with Crippen LogP contribution in [0.1, 0.15) is 23.0 Å². The molecule has 0 bridgehead atoms. The Kier molecular flexibility index (Phi) is 6.48. The molecule has 0 fully saturated rings. The number of aliphatic hydroxyl groups is 1. The second-order valence-corrected chi connectivity index (χ2v) is 6.94. The van der Waals surface area contributed by atoms with Crippen LogP contribution in [-0.4, -0.2) is 56.3 Å². The Morgan fingerprint density at radius 3 is 2.65 bits per heavy atom. The van der Waals surface area contributed by atoms with Crippen LogP contribution in [-0.2, 0) is 11.8 Å². The summed E-state index contributed by atoms with van der Waals surface area (Å²) in [6, 6.07) is 12.4. The van der Waals surface area contributed by atoms with E-state index in [9.17, 15) is 14.7 Å². The monoisotopic (exact) mass is 417 g/mol. The molecule has 2 amide bonds. The zero-order valence-corrected chi connectivity index (χ0v) is 17.5. The van der Waals surface area contributed by atoms with E-state index in [4.69, 9.17) is 5.73 Å². The van der Waals surface area contributed by atoms with Gasteiger partial charge in [0.25, 0.3) is 11.8 Å². The van der Waals surface area contributed by atoms with Crippen LogP contribution >= 0.6 is 0 Å². The van der Waals surface area contributed by atoms with Crippen molar-refractivity contribution in [2.75, 3.05) is 13.6 Å². The van der Waals surface area contributed by atoms with E-state index in [0.717, 1.165) is 11.3 Å². The average Bonchev–Trinajstić information content (AvgIpc) is 3.22. The number of aliphatic hydroxyl groups excluding tert-OH is 1. The van der Waals surface area contributed by atoms with Gasteiger partial charge in [-0.3, -0.25) is 14.3 Å². The van der Waals surface area contributed by atoms with E-state index in [1.165, 1.54) is 4.90 Å². The van der Waals surface area contributed by atoms with Gasteiger partial charge in [-0.1, -0.05) is 24.0 Å². The van der Waals surface area contributed by atoms with Gasteiger partial charge in [-0.25, -0.2) is 4.98 Å². The summed E-state index contributed by atoms with van der Waals surface area (Å²) < 4.78 is 1.69. The zero-order chi connectivity index (χ0) is 22.5. The number of rotatable bonds is 5. The van der Waals surface area contributed by atoms with Crippen LogP contribution in [0.25, 0.3) is 22.5 Å². The minimum atomic E-state index is -1.40. The molecule has 8 nitrogen and oxygen atoms in total. The van der Waals surface area contributed by atoms with Crippen molar-refractivity contribution in [3.8, 4) is 34.4 Å². The lowest BCUT2D eigenvalue weighted by molar-refractivity contribution is -0.135. The standard InChI is InChI=1S/C23H23N5O3/c1-4-27(2)23(31)21(29)9-8-15-6-5-7-16(12-15)18-13-17(14-19(26-18)22(24)30)20-10-11-25-28(20)3/h5-7,10-14,21,29H,4H2,1-3H3,(H2,24,30)/t21-/m1/s1. The molecule has 3 N–H and O–H groups in total. The quantitative estimate of drug-likeness (QED) is 0.610. The van der Waals surface area contributed by atoms with E-state index < -0.39 is 17.9 Å². The number of aromatic nitrogens is 3. The third kappa shape index (κ3) is 4.97. The van der Waals surface area contributed by atoms with Crippen molar-refractivity contribution in [1.82, 2.24) is 19.7 Å². The Bertz CT molecular complexity index is 1190. The van der Waals surface area contributed by atoms with Gasteiger partial charge in [-0.15, -0.1) is 0 Å². The Hall–Kier alpha value is -3.96. The number of amides is 2. The van der Waals surface area contributed by atoms with Crippen LogP contribution < -0.4 is 5.73 Å². The molecule has 0 unspecified atom stereocenters. The molecule has 2 aromatic heterocycles. The summed E-state index contributed by atoms with van der Waals surface area (Å²) in [6.45, 7) is 2.29. The van der Waals surface area contributed by atoms with E-state index in [-0.39, 0.29) is 5.69 Å². The van der Waals surface area contributed by atoms with Crippen molar-refractivity contribution in [3.05, 3.63) is 59.9 Å². The van der Waals surface area contributed by atoms with Gasteiger partial charge >= 0.3 is 0 Å². The number of benzene rings is 1. The predicted octanol–water partition coefficient (Wildman–Crippen LogP) is 1.44. The SMILES string of the molecule is CCN(C)C(=O)[C@H](O)C#Cc1cccc(-c2cc(-c3ccnn3C)cc(C(N)=O)n2)c1. The molecule has 31 heavy (non-hydrogen) atoms. The van der Waals surface area contributed by atoms with Crippen LogP contribution in [0.4, 0.5) is 0 Å². The van der Waals surface area contributed by atoms with Gasteiger partial charge in [0, 0.05) is 43.5 Å². The molecule has 2 heterocycles. The minimum absolute atomic E-state index is 0.133. The van der Waals surface area contributed by atoms with Gasteiger partial charge in [0.1, 0.15) is 5.69 Å². The molecule has 0 spiro atoms. The third-order valence-corrected chi connectivity index (χ3v) is 4.79. The fourth-order valence-corrected chi connectivity index (χ4v) is 2.94. The average molecular weight is 417 g/mol. The fraction of sp³-hybridized carbons (Fsp3) is 0.217. The number of carbonyl (C=O) groups excluding carboxylic acids is 2. The molecule has 0 radical (unpaired) electrons. The van der Waals surface area contributed by atoms with Crippen LogP contribution in [0.5, 0.6) is 0 Å². The first-order valence-corrected chi connectivity index (χ1v) is 9.65. The van der Waals surface area contributed by atoms with Gasteiger partial charge in [0.2, 0.25) is 0 Å². The maximum absolute atomic E-state index is 12.0. The van der Waals surface area contributed by atoms with Crippen molar-refractivity contribution in [1.29, 1.82) is 0 Å². The van der Waals surface area contributed by atoms with Gasteiger partial charge in [-0.2, -0.15) is 5.10 Å². The molecule has 0 aliphatic rings. The molecule has 0 aliphatic heterocycles. The molecule has 3 rings (SSSR count). The molecule has 0 aliphatic carbocycles. The lowest BCUT2D eigenvalue weighted by Gasteiger charge is -2.15. The molecule has 1 aromatic carbocycles. The second-order valence-electron chi connectivity index (χ2n) is 6.94. The highest BCUT2D eigenvalue weighted by atomic mass is 16.3. The Labute approximate surface area is 180 Å². The minimum Gasteiger partial charge on any atom is -0.372 e. The lowest BCUT2D eigenvalue weighted by atomic mass is 10.0. The maximum atomic E-state index is 12.0. The number of hydrogen-bond acceptors (Lipinski definition) is 5. The summed E-state index contributed by atoms with van der Waals surface area (Å²) in [5.74, 6) is 4.30. The largest absolute Gasteiger partial charge is 0.372 e. The first-order chi connectivity index (χ1) is 14.8. The smallest absolute Gasteiger partial charge is 0.267 e. The van der Waals surface area contributed by atoms with Crippen LogP contribution in [0, 0.1) is 11.8 Å². The number of carbonyl (C=O) groups is 2. The summed E-state index contributed by atoms with van der Waals surface area (Å²) in [7, 11) is 3.41. The summed E-state index contributed by atoms with van der Waals surface area (Å²) in [5, 5.41) is 14.2. The zero-order valence-electron chi connectivity index (χ0n) is 17.5. The molecular weight excluding hydrogens is 394 g/mol. The summed E-state index contributed by atoms with van der Waals surface area (Å²) >= 11 is 0. The number of aryl methyl sites for hydroxylation is 1. The number of pyridine rings is 1. The molecule has 3 aromatic rings. The van der Waals surface area contributed by atoms with Crippen molar-refractivity contribution in [2.45, 2.75) is 13.0 Å². The number of primary amides is 1. The Balaban J connectivity index is 1.98. The highest BCUT2D eigenvalue weighted by Gasteiger charge is 2.16. The van der Waals surface area contributed by atoms with E-state index >= 15 is 0 Å². The van der Waals surface area contributed by atoms with Gasteiger partial charge < -0.3 is 15.7 Å². The molecule has 0 saturated carbocycles. The number of nitrogens with zero attached hydrogens (tertiary/aromatic N) is 4. The van der Waals surface area contributed by atoms with E-state index in [1.54, 1.807) is 49.2 Å². The van der Waals surface area contributed by atoms with Gasteiger partial charge in [-0.05, 0) is 37.3 Å². The fourth-order valence-electron chi connectivity index (χ4n) is 2.94. The van der Waals surface area contributed by atoms with Gasteiger partial charge in [0.05, 0.1) is 11.4 Å². The highest BCUT2D eigenvalue weighted by molar-refractivity contribution is 5.93. The lowest BCUT2D eigenvalue weighted by Crippen LogP contribution is -2.35. The molecule has 0 saturated heterocycles. The Morgan fingerprint density at radius 1 is 1.23 bits per heavy atom. The second kappa shape index (κ2) is 9.24. The number of hydrogen-bond donors (Lipinski definition) is 2. The van der Waals surface area contributed by atoms with Crippen LogP contribution in [0.3, 0.4) is 0 Å². The van der Waals surface area contributed by atoms with Crippen molar-refractivity contribution in [2.24, 2.45) is 12.8 Å². The third-order valence-electron chi connectivity index (χ3n) is 4.79. The number of nitrogens with two attached hydrogens (primary N) is 1. The highest BCUT2D eigenvalue weighted by Crippen LogP contribution is 2.26. The summed E-state index contributed by atoms with van der Waals surface area (Å²) in [6.07, 6.45) is 0.263. The van der Waals surface area contributed by atoms with Crippen LogP contribution in [0.15, 0.2) is 48.7 Å². The van der Waals surface area contributed by atoms with E-state index in [1.807, 2.05) is 25.1 Å². The summed E-state index contributed by atoms with van der Waals surface area (Å²) in [5.41, 5.74) is 9.02. The van der Waals surface area contributed by atoms with Crippen molar-refractivity contribution >= 4 is 11.8 Å². The summed E-state index contributed by atoms with van der Waals surface area (Å²) in [4.78, 5) is 29.6. The predicted molar refractivity (Wildman–Crippen MR) is 117 cm³/mol. The molecule has 158 valence electrons. The van der Waals surface area contributed by atoms with E-state index in [2.05, 4.69) is 21.9 Å². The first-order valence-electron chi connectivity index (χ1n) is 9.65. The maximum Gasteiger partial charge on any atom is 0.267 e. The molecule has 8 heteroatoms. The topological polar surface area (TPSA) is 114 Å². The number of likely N-dealkylation sites (N-methyl/N-ethyl adjacent to an activating group) is 1. The Morgan fingerprint density at radius 2 is 2.00 bits per heavy atom.